The van der Waals surface area contributed by atoms with Crippen molar-refractivity contribution >= 4 is 11.3 Å². The summed E-state index contributed by atoms with van der Waals surface area (Å²) < 4.78 is 46.7. The predicted octanol–water partition coefficient (Wildman–Crippen LogP) is 5.84. The summed E-state index contributed by atoms with van der Waals surface area (Å²) in [4.78, 5) is 9.13. The minimum Gasteiger partial charge on any atom is -0.489 e. The smallest absolute Gasteiger partial charge is 0.416 e. The number of halogens is 3. The van der Waals surface area contributed by atoms with Crippen molar-refractivity contribution in [2.75, 3.05) is 5.73 Å². The lowest BCUT2D eigenvalue weighted by Crippen LogP contribution is -2.12. The molecule has 0 amide bonds. The van der Waals surface area contributed by atoms with E-state index in [4.69, 9.17) is 15.5 Å². The highest BCUT2D eigenvalue weighted by Crippen LogP contribution is 2.39. The highest BCUT2D eigenvalue weighted by Gasteiger charge is 2.30. The largest absolute Gasteiger partial charge is 0.489 e. The van der Waals surface area contributed by atoms with Crippen LogP contribution in [0.15, 0.2) is 60.9 Å². The Bertz CT molecular complexity index is 1280. The highest BCUT2D eigenvalue weighted by atomic mass is 19.4. The molecule has 4 aromatic rings. The van der Waals surface area contributed by atoms with Gasteiger partial charge in [0.1, 0.15) is 35.2 Å². The molecule has 5 rings (SSSR count). The molecule has 0 aliphatic heterocycles. The summed E-state index contributed by atoms with van der Waals surface area (Å²) in [6.07, 6.45) is 2.55. The maximum Gasteiger partial charge on any atom is 0.416 e. The second kappa shape index (κ2) is 7.85. The number of ether oxygens (including phenoxy) is 1. The molecule has 1 saturated carbocycles. The topological polar surface area (TPSA) is 65.4 Å². The summed E-state index contributed by atoms with van der Waals surface area (Å²) in [6.45, 7) is 0.0222. The van der Waals surface area contributed by atoms with E-state index in [1.54, 1.807) is 18.3 Å². The molecule has 0 unspecified atom stereocenters. The van der Waals surface area contributed by atoms with E-state index in [1.165, 1.54) is 12.5 Å². The van der Waals surface area contributed by atoms with Crippen molar-refractivity contribution < 1.29 is 17.9 Å². The second-order valence-electron chi connectivity index (χ2n) is 7.99. The van der Waals surface area contributed by atoms with Gasteiger partial charge in [-0.1, -0.05) is 30.7 Å². The zero-order valence-corrected chi connectivity index (χ0v) is 17.1. The van der Waals surface area contributed by atoms with Gasteiger partial charge in [-0.2, -0.15) is 13.2 Å². The maximum atomic E-state index is 13.0. The summed E-state index contributed by atoms with van der Waals surface area (Å²) in [6, 6.07) is 12.5. The average Bonchev–Trinajstić information content (AvgIpc) is 3.11. The van der Waals surface area contributed by atoms with Crippen molar-refractivity contribution in [1.82, 2.24) is 14.4 Å². The van der Waals surface area contributed by atoms with E-state index < -0.39 is 11.7 Å². The van der Waals surface area contributed by atoms with Gasteiger partial charge in [0.15, 0.2) is 0 Å². The third-order valence-electron chi connectivity index (χ3n) is 5.85. The third kappa shape index (κ3) is 3.77. The van der Waals surface area contributed by atoms with Gasteiger partial charge >= 0.3 is 6.18 Å². The number of imidazole rings is 1. The quantitative estimate of drug-likeness (QED) is 0.425. The Morgan fingerprint density at radius 3 is 2.66 bits per heavy atom. The lowest BCUT2D eigenvalue weighted by Gasteiger charge is -2.23. The Hall–Kier alpha value is -3.55. The summed E-state index contributed by atoms with van der Waals surface area (Å²) in [7, 11) is 0. The molecule has 1 aliphatic carbocycles. The molecule has 164 valence electrons. The van der Waals surface area contributed by atoms with Gasteiger partial charge in [-0.3, -0.25) is 4.40 Å². The lowest BCUT2D eigenvalue weighted by molar-refractivity contribution is -0.137. The van der Waals surface area contributed by atoms with Gasteiger partial charge in [0.2, 0.25) is 0 Å². The van der Waals surface area contributed by atoms with Crippen molar-refractivity contribution in [3.8, 4) is 17.0 Å². The predicted molar refractivity (Wildman–Crippen MR) is 115 cm³/mol. The monoisotopic (exact) mass is 438 g/mol. The van der Waals surface area contributed by atoms with Crippen LogP contribution >= 0.6 is 0 Å². The van der Waals surface area contributed by atoms with Crippen LogP contribution in [0.2, 0.25) is 0 Å². The zero-order chi connectivity index (χ0) is 22.3. The van der Waals surface area contributed by atoms with E-state index in [0.717, 1.165) is 47.6 Å². The first-order valence-corrected chi connectivity index (χ1v) is 10.4. The molecular formula is C24H21F3N4O. The fourth-order valence-electron chi connectivity index (χ4n) is 3.98. The first-order chi connectivity index (χ1) is 15.4. The normalized spacial score (nSPS) is 14.5. The highest BCUT2D eigenvalue weighted by molar-refractivity contribution is 5.85. The molecule has 0 bridgehead atoms. The van der Waals surface area contributed by atoms with E-state index in [1.807, 2.05) is 28.8 Å². The Labute approximate surface area is 182 Å². The number of nitrogens with two attached hydrogens (primary N) is 1. The molecule has 0 spiro atoms. The fourth-order valence-corrected chi connectivity index (χ4v) is 3.98. The maximum absolute atomic E-state index is 13.0. The van der Waals surface area contributed by atoms with E-state index in [0.29, 0.717) is 23.0 Å². The van der Waals surface area contributed by atoms with E-state index in [9.17, 15) is 13.2 Å². The number of anilines is 1. The fraction of sp³-hybridized carbons (Fsp3) is 0.250. The van der Waals surface area contributed by atoms with Gasteiger partial charge in [0, 0.05) is 23.9 Å². The SMILES string of the molecule is Nc1nccn2c(C3CCC3)nc(-c3cccc(OCc4cccc(C(F)(F)F)c4)c3)c12. The van der Waals surface area contributed by atoms with Crippen LogP contribution < -0.4 is 10.5 Å². The Morgan fingerprint density at radius 1 is 1.09 bits per heavy atom. The minimum absolute atomic E-state index is 0.0222. The van der Waals surface area contributed by atoms with Crippen LogP contribution in [-0.2, 0) is 12.8 Å². The molecule has 2 aromatic carbocycles. The molecule has 8 heteroatoms. The van der Waals surface area contributed by atoms with Gasteiger partial charge in [0.25, 0.3) is 0 Å². The molecule has 0 saturated heterocycles. The van der Waals surface area contributed by atoms with Gasteiger partial charge in [-0.05, 0) is 42.7 Å². The first-order valence-electron chi connectivity index (χ1n) is 10.4. The molecular weight excluding hydrogens is 417 g/mol. The summed E-state index contributed by atoms with van der Waals surface area (Å²) in [5.74, 6) is 2.31. The van der Waals surface area contributed by atoms with Crippen molar-refractivity contribution in [2.45, 2.75) is 38.0 Å². The molecule has 2 N–H and O–H groups in total. The number of alkyl halides is 3. The van der Waals surface area contributed by atoms with E-state index >= 15 is 0 Å². The molecule has 2 heterocycles. The standard InChI is InChI=1S/C24H21F3N4O/c25-24(26,27)18-8-1-4-15(12-18)14-32-19-9-3-7-17(13-19)20-21-22(28)29-10-11-31(21)23(30-20)16-5-2-6-16/h1,3-4,7-13,16H,2,5-6,14H2,(H2,28,29). The minimum atomic E-state index is -4.38. The number of rotatable bonds is 5. The zero-order valence-electron chi connectivity index (χ0n) is 17.1. The van der Waals surface area contributed by atoms with Crippen molar-refractivity contribution in [3.63, 3.8) is 0 Å². The van der Waals surface area contributed by atoms with E-state index in [2.05, 4.69) is 4.98 Å². The molecule has 32 heavy (non-hydrogen) atoms. The Morgan fingerprint density at radius 2 is 1.91 bits per heavy atom. The van der Waals surface area contributed by atoms with Crippen molar-refractivity contribution in [2.24, 2.45) is 0 Å². The molecule has 1 aliphatic rings. The van der Waals surface area contributed by atoms with E-state index in [-0.39, 0.29) is 6.61 Å². The number of nitrogens with zero attached hydrogens (tertiary/aromatic N) is 3. The average molecular weight is 438 g/mol. The number of aromatic nitrogens is 3. The molecule has 2 aromatic heterocycles. The van der Waals surface area contributed by atoms with Crippen LogP contribution in [0.4, 0.5) is 19.0 Å². The molecule has 0 atom stereocenters. The number of hydrogen-bond donors (Lipinski definition) is 1. The second-order valence-corrected chi connectivity index (χ2v) is 7.99. The summed E-state index contributed by atoms with van der Waals surface area (Å²) >= 11 is 0. The van der Waals surface area contributed by atoms with Gasteiger partial charge < -0.3 is 10.5 Å². The van der Waals surface area contributed by atoms with Crippen LogP contribution in [-0.4, -0.2) is 14.4 Å². The Kier molecular flexibility index (Phi) is 5.00. The molecule has 5 nitrogen and oxygen atoms in total. The first kappa shape index (κ1) is 20.4. The van der Waals surface area contributed by atoms with Gasteiger partial charge in [-0.25, -0.2) is 9.97 Å². The van der Waals surface area contributed by atoms with Crippen LogP contribution in [0, 0.1) is 0 Å². The Balaban J connectivity index is 1.44. The van der Waals surface area contributed by atoms with Gasteiger partial charge in [0.05, 0.1) is 5.56 Å². The van der Waals surface area contributed by atoms with Crippen molar-refractivity contribution in [3.05, 3.63) is 77.9 Å². The van der Waals surface area contributed by atoms with Crippen LogP contribution in [0.5, 0.6) is 5.75 Å². The lowest BCUT2D eigenvalue weighted by atomic mass is 9.85. The number of benzene rings is 2. The van der Waals surface area contributed by atoms with Crippen molar-refractivity contribution in [1.29, 1.82) is 0 Å². The van der Waals surface area contributed by atoms with Crippen LogP contribution in [0.1, 0.15) is 42.1 Å². The van der Waals surface area contributed by atoms with Crippen LogP contribution in [0.3, 0.4) is 0 Å². The molecule has 0 radical (unpaired) electrons. The number of hydrogen-bond acceptors (Lipinski definition) is 4. The van der Waals surface area contributed by atoms with Gasteiger partial charge in [-0.15, -0.1) is 0 Å². The summed E-state index contributed by atoms with van der Waals surface area (Å²) in [5.41, 5.74) is 8.24. The molecule has 1 fully saturated rings. The summed E-state index contributed by atoms with van der Waals surface area (Å²) in [5, 5.41) is 0. The van der Waals surface area contributed by atoms with Crippen LogP contribution in [0.25, 0.3) is 16.8 Å². The number of fused-ring (bicyclic) bond motifs is 1. The third-order valence-corrected chi connectivity index (χ3v) is 5.85. The number of nitrogen functional groups attached to an aromatic ring is 1.